The fourth-order valence-corrected chi connectivity index (χ4v) is 0.0913. The molecule has 3 heteroatoms. The van der Waals surface area contributed by atoms with Crippen LogP contribution in [0.3, 0.4) is 0 Å². The Kier molecular flexibility index (Phi) is 8.75. The van der Waals surface area contributed by atoms with Crippen LogP contribution in [0.4, 0.5) is 0 Å². The minimum atomic E-state index is 0. The zero-order chi connectivity index (χ0) is 4.99. The van der Waals surface area contributed by atoms with Gasteiger partial charge in [-0.25, -0.2) is 0 Å². The second kappa shape index (κ2) is 6.05. The van der Waals surface area contributed by atoms with Gasteiger partial charge in [0.1, 0.15) is 0 Å². The van der Waals surface area contributed by atoms with Crippen molar-refractivity contribution < 1.29 is 23.3 Å². The van der Waals surface area contributed by atoms with E-state index < -0.39 is 0 Å². The van der Waals surface area contributed by atoms with E-state index in [1.807, 2.05) is 0 Å². The van der Waals surface area contributed by atoms with Gasteiger partial charge in [0.15, 0.2) is 5.90 Å². The van der Waals surface area contributed by atoms with Crippen molar-refractivity contribution >= 4 is 5.90 Å². The molecule has 0 saturated heterocycles. The van der Waals surface area contributed by atoms with E-state index in [1.165, 1.54) is 0 Å². The molecular weight excluding hydrogens is 129 g/mol. The molecule has 0 fully saturated rings. The standard InChI is InChI=1S/C4H9NO.V/c1-4(5-2)6-3;/h1-3H3;. The van der Waals surface area contributed by atoms with Crippen molar-refractivity contribution in [3.63, 3.8) is 0 Å². The monoisotopic (exact) mass is 138 g/mol. The van der Waals surface area contributed by atoms with E-state index in [2.05, 4.69) is 9.73 Å². The molecule has 0 aliphatic heterocycles. The van der Waals surface area contributed by atoms with E-state index in [-0.39, 0.29) is 18.6 Å². The van der Waals surface area contributed by atoms with Gasteiger partial charge in [0.05, 0.1) is 7.11 Å². The third kappa shape index (κ3) is 6.05. The average Bonchev–Trinajstić information content (AvgIpc) is 1.65. The molecule has 0 rings (SSSR count). The van der Waals surface area contributed by atoms with Crippen LogP contribution in [-0.4, -0.2) is 20.1 Å². The minimum Gasteiger partial charge on any atom is -0.485 e. The fourth-order valence-electron chi connectivity index (χ4n) is 0.0913. The summed E-state index contributed by atoms with van der Waals surface area (Å²) in [4.78, 5) is 3.70. The summed E-state index contributed by atoms with van der Waals surface area (Å²) in [7, 11) is 3.29. The molecule has 1 radical (unpaired) electrons. The summed E-state index contributed by atoms with van der Waals surface area (Å²) in [5.74, 6) is 0.718. The number of hydrogen-bond acceptors (Lipinski definition) is 2. The first-order valence-electron chi connectivity index (χ1n) is 1.78. The summed E-state index contributed by atoms with van der Waals surface area (Å²) >= 11 is 0. The molecule has 0 saturated carbocycles. The first-order chi connectivity index (χ1) is 2.81. The Morgan fingerprint density at radius 2 is 2.00 bits per heavy atom. The number of ether oxygens (including phenoxy) is 1. The van der Waals surface area contributed by atoms with Crippen LogP contribution in [0.1, 0.15) is 6.92 Å². The molecule has 0 atom stereocenters. The summed E-state index contributed by atoms with van der Waals surface area (Å²) < 4.78 is 4.65. The Morgan fingerprint density at radius 3 is 2.00 bits per heavy atom. The minimum absolute atomic E-state index is 0. The molecule has 7 heavy (non-hydrogen) atoms. The normalized spacial score (nSPS) is 9.86. The van der Waals surface area contributed by atoms with Crippen molar-refractivity contribution in [2.24, 2.45) is 4.99 Å². The van der Waals surface area contributed by atoms with Gasteiger partial charge in [-0.05, 0) is 0 Å². The van der Waals surface area contributed by atoms with Crippen LogP contribution in [0.15, 0.2) is 4.99 Å². The van der Waals surface area contributed by atoms with Gasteiger partial charge in [-0.3, -0.25) is 4.99 Å². The maximum absolute atomic E-state index is 4.65. The zero-order valence-corrected chi connectivity index (χ0v) is 6.20. The molecule has 41 valence electrons. The SMILES string of the molecule is CN=C(C)OC.[V]. The van der Waals surface area contributed by atoms with E-state index in [9.17, 15) is 0 Å². The van der Waals surface area contributed by atoms with Gasteiger partial charge >= 0.3 is 0 Å². The van der Waals surface area contributed by atoms with Gasteiger partial charge in [-0.1, -0.05) is 0 Å². The zero-order valence-electron chi connectivity index (χ0n) is 4.80. The van der Waals surface area contributed by atoms with Crippen LogP contribution in [0.25, 0.3) is 0 Å². The molecule has 0 unspecified atom stereocenters. The third-order valence-electron chi connectivity index (χ3n) is 0.610. The molecule has 0 aromatic heterocycles. The molecule has 0 heterocycles. The molecule has 0 N–H and O–H groups in total. The van der Waals surface area contributed by atoms with Gasteiger partial charge in [0.25, 0.3) is 0 Å². The van der Waals surface area contributed by atoms with Crippen LogP contribution in [0.5, 0.6) is 0 Å². The molecule has 0 amide bonds. The maximum Gasteiger partial charge on any atom is 0.179 e. The van der Waals surface area contributed by atoms with Gasteiger partial charge in [0, 0.05) is 32.5 Å². The summed E-state index contributed by atoms with van der Waals surface area (Å²) in [6, 6.07) is 0. The van der Waals surface area contributed by atoms with E-state index in [1.54, 1.807) is 21.1 Å². The summed E-state index contributed by atoms with van der Waals surface area (Å²) in [6.07, 6.45) is 0. The van der Waals surface area contributed by atoms with Crippen molar-refractivity contribution in [1.82, 2.24) is 0 Å². The summed E-state index contributed by atoms with van der Waals surface area (Å²) in [5.41, 5.74) is 0. The van der Waals surface area contributed by atoms with Crippen LogP contribution in [0, 0.1) is 0 Å². The number of rotatable bonds is 0. The van der Waals surface area contributed by atoms with Gasteiger partial charge in [-0.2, -0.15) is 0 Å². The summed E-state index contributed by atoms with van der Waals surface area (Å²) in [5, 5.41) is 0. The van der Waals surface area contributed by atoms with E-state index in [0.717, 1.165) is 5.90 Å². The Labute approximate surface area is 55.9 Å². The Morgan fingerprint density at radius 1 is 1.57 bits per heavy atom. The molecule has 0 aliphatic carbocycles. The second-order valence-corrected chi connectivity index (χ2v) is 0.947. The van der Waals surface area contributed by atoms with Crippen molar-refractivity contribution in [3.8, 4) is 0 Å². The molecule has 0 spiro atoms. The Balaban J connectivity index is 0. The van der Waals surface area contributed by atoms with E-state index >= 15 is 0 Å². The molecule has 0 aliphatic rings. The smallest absolute Gasteiger partial charge is 0.179 e. The van der Waals surface area contributed by atoms with E-state index in [0.29, 0.717) is 0 Å². The largest absolute Gasteiger partial charge is 0.485 e. The first-order valence-corrected chi connectivity index (χ1v) is 1.78. The van der Waals surface area contributed by atoms with Gasteiger partial charge in [-0.15, -0.1) is 0 Å². The number of methoxy groups -OCH3 is 1. The van der Waals surface area contributed by atoms with Crippen LogP contribution >= 0.6 is 0 Å². The quantitative estimate of drug-likeness (QED) is 0.356. The van der Waals surface area contributed by atoms with Crippen LogP contribution < -0.4 is 0 Å². The van der Waals surface area contributed by atoms with Crippen molar-refractivity contribution in [1.29, 1.82) is 0 Å². The molecule has 2 nitrogen and oxygen atoms in total. The maximum atomic E-state index is 4.65. The number of hydrogen-bond donors (Lipinski definition) is 0. The predicted octanol–water partition coefficient (Wildman–Crippen LogP) is 0.679. The predicted molar refractivity (Wildman–Crippen MR) is 26.0 cm³/mol. The van der Waals surface area contributed by atoms with Crippen LogP contribution in [0.2, 0.25) is 0 Å². The fraction of sp³-hybridized carbons (Fsp3) is 0.750. The van der Waals surface area contributed by atoms with Crippen LogP contribution in [-0.2, 0) is 23.3 Å². The van der Waals surface area contributed by atoms with Crippen molar-refractivity contribution in [2.45, 2.75) is 6.92 Å². The van der Waals surface area contributed by atoms with Gasteiger partial charge in [0.2, 0.25) is 0 Å². The van der Waals surface area contributed by atoms with Gasteiger partial charge < -0.3 is 4.74 Å². The second-order valence-electron chi connectivity index (χ2n) is 0.947. The topological polar surface area (TPSA) is 21.6 Å². The average molecular weight is 138 g/mol. The molecule has 0 bridgehead atoms. The van der Waals surface area contributed by atoms with Crippen molar-refractivity contribution in [3.05, 3.63) is 0 Å². The van der Waals surface area contributed by atoms with E-state index in [4.69, 9.17) is 0 Å². The number of aliphatic imine (C=N–C) groups is 1. The molecule has 0 aromatic rings. The first kappa shape index (κ1) is 10.1. The summed E-state index contributed by atoms with van der Waals surface area (Å²) in [6.45, 7) is 1.81. The third-order valence-corrected chi connectivity index (χ3v) is 0.610. The Hall–Kier alpha value is 0.0544. The molecular formula is C4H9NOV. The Bertz CT molecular complexity index is 62.7. The molecule has 0 aromatic carbocycles. The number of nitrogens with zero attached hydrogens (tertiary/aromatic N) is 1. The van der Waals surface area contributed by atoms with Crippen molar-refractivity contribution in [2.75, 3.05) is 14.2 Å².